The van der Waals surface area contributed by atoms with Crippen molar-refractivity contribution in [3.63, 3.8) is 0 Å². The van der Waals surface area contributed by atoms with E-state index in [1.807, 2.05) is 37.3 Å². The van der Waals surface area contributed by atoms with E-state index < -0.39 is 0 Å². The van der Waals surface area contributed by atoms with Gasteiger partial charge < -0.3 is 0 Å². The van der Waals surface area contributed by atoms with Gasteiger partial charge in [0.1, 0.15) is 0 Å². The summed E-state index contributed by atoms with van der Waals surface area (Å²) in [6.45, 7) is 1.99. The number of rotatable bonds is 2. The Morgan fingerprint density at radius 3 is 3.00 bits per heavy atom. The van der Waals surface area contributed by atoms with Gasteiger partial charge in [0.05, 0.1) is 18.0 Å². The summed E-state index contributed by atoms with van der Waals surface area (Å²) in [6, 6.07) is 12.3. The first-order chi connectivity index (χ1) is 7.79. The molecule has 1 heterocycles. The van der Waals surface area contributed by atoms with Crippen LogP contribution in [0.4, 0.5) is 0 Å². The number of hydrogen-bond donors (Lipinski definition) is 0. The number of fused-ring (bicyclic) bond motifs is 1. The molecule has 0 atom stereocenters. The molecule has 0 amide bonds. The summed E-state index contributed by atoms with van der Waals surface area (Å²) in [5, 5.41) is 9.56. The maximum absolute atomic E-state index is 8.44. The van der Waals surface area contributed by atoms with Gasteiger partial charge in [-0.05, 0) is 30.7 Å². The molecule has 0 radical (unpaired) electrons. The zero-order valence-corrected chi connectivity index (χ0v) is 9.14. The molecule has 0 aliphatic rings. The van der Waals surface area contributed by atoms with Crippen molar-refractivity contribution in [1.29, 1.82) is 5.26 Å². The van der Waals surface area contributed by atoms with Gasteiger partial charge >= 0.3 is 0 Å². The summed E-state index contributed by atoms with van der Waals surface area (Å²) >= 11 is 0. The molecular formula is C14H12N2. The van der Waals surface area contributed by atoms with E-state index in [9.17, 15) is 0 Å². The van der Waals surface area contributed by atoms with Crippen molar-refractivity contribution in [1.82, 2.24) is 4.98 Å². The first kappa shape index (κ1) is 10.4. The van der Waals surface area contributed by atoms with Gasteiger partial charge in [0.15, 0.2) is 0 Å². The summed E-state index contributed by atoms with van der Waals surface area (Å²) in [7, 11) is 0. The van der Waals surface area contributed by atoms with Crippen LogP contribution in [0.2, 0.25) is 0 Å². The summed E-state index contributed by atoms with van der Waals surface area (Å²) in [6.07, 6.45) is 4.27. The Morgan fingerprint density at radius 1 is 1.31 bits per heavy atom. The van der Waals surface area contributed by atoms with Crippen LogP contribution in [0.1, 0.15) is 17.7 Å². The molecule has 0 spiro atoms. The van der Waals surface area contributed by atoms with Gasteiger partial charge in [-0.3, -0.25) is 4.98 Å². The lowest BCUT2D eigenvalue weighted by molar-refractivity contribution is 1.25. The molecule has 0 N–H and O–H groups in total. The predicted octanol–water partition coefficient (Wildman–Crippen LogP) is 3.47. The van der Waals surface area contributed by atoms with Crippen LogP contribution in [-0.2, 0) is 0 Å². The Kier molecular flexibility index (Phi) is 2.98. The highest BCUT2D eigenvalue weighted by atomic mass is 14.7. The van der Waals surface area contributed by atoms with Crippen LogP contribution in [0.5, 0.6) is 0 Å². The van der Waals surface area contributed by atoms with Crippen LogP contribution in [0.3, 0.4) is 0 Å². The number of nitrogens with zero attached hydrogens (tertiary/aromatic N) is 2. The lowest BCUT2D eigenvalue weighted by atomic mass is 10.1. The Bertz CT molecular complexity index is 577. The molecule has 0 aliphatic carbocycles. The lowest BCUT2D eigenvalue weighted by Gasteiger charge is -2.00. The van der Waals surface area contributed by atoms with E-state index in [1.54, 1.807) is 0 Å². The van der Waals surface area contributed by atoms with Crippen molar-refractivity contribution in [3.05, 3.63) is 47.7 Å². The van der Waals surface area contributed by atoms with E-state index >= 15 is 0 Å². The molecule has 0 saturated carbocycles. The van der Waals surface area contributed by atoms with E-state index in [-0.39, 0.29) is 0 Å². The number of aromatic nitrogens is 1. The van der Waals surface area contributed by atoms with Gasteiger partial charge in [-0.1, -0.05) is 24.3 Å². The van der Waals surface area contributed by atoms with E-state index in [4.69, 9.17) is 5.26 Å². The van der Waals surface area contributed by atoms with Crippen molar-refractivity contribution in [2.45, 2.75) is 13.3 Å². The Labute approximate surface area is 94.9 Å². The third kappa shape index (κ3) is 2.26. The number of pyridine rings is 1. The topological polar surface area (TPSA) is 36.7 Å². The summed E-state index contributed by atoms with van der Waals surface area (Å²) in [5.74, 6) is 0. The minimum atomic E-state index is 0.449. The van der Waals surface area contributed by atoms with E-state index in [0.29, 0.717) is 6.42 Å². The molecule has 78 valence electrons. The third-order valence-electron chi connectivity index (χ3n) is 2.37. The first-order valence-electron chi connectivity index (χ1n) is 5.20. The average Bonchev–Trinajstić information content (AvgIpc) is 2.29. The predicted molar refractivity (Wildman–Crippen MR) is 65.7 cm³/mol. The van der Waals surface area contributed by atoms with Crippen molar-refractivity contribution in [2.75, 3.05) is 0 Å². The maximum atomic E-state index is 8.44. The van der Waals surface area contributed by atoms with Crippen LogP contribution in [-0.4, -0.2) is 4.98 Å². The molecule has 0 aliphatic heterocycles. The van der Waals surface area contributed by atoms with Gasteiger partial charge in [-0.15, -0.1) is 0 Å². The van der Waals surface area contributed by atoms with Crippen LogP contribution < -0.4 is 0 Å². The van der Waals surface area contributed by atoms with Gasteiger partial charge in [0, 0.05) is 11.1 Å². The highest BCUT2D eigenvalue weighted by Gasteiger charge is 1.95. The molecule has 0 fully saturated rings. The van der Waals surface area contributed by atoms with Gasteiger partial charge in [-0.2, -0.15) is 5.26 Å². The standard InChI is InChI=1S/C14H12N2/c1-11-5-7-13-10-12(4-2-3-9-15)6-8-14(13)16-11/h2,4-8,10H,3H2,1H3. The second kappa shape index (κ2) is 4.59. The molecule has 0 unspecified atom stereocenters. The highest BCUT2D eigenvalue weighted by Crippen LogP contribution is 2.15. The zero-order chi connectivity index (χ0) is 11.4. The van der Waals surface area contributed by atoms with Crippen molar-refractivity contribution in [2.24, 2.45) is 0 Å². The summed E-state index contributed by atoms with van der Waals surface area (Å²) in [5.41, 5.74) is 3.14. The Hall–Kier alpha value is -2.14. The molecule has 16 heavy (non-hydrogen) atoms. The fourth-order valence-electron chi connectivity index (χ4n) is 1.60. The van der Waals surface area contributed by atoms with Crippen molar-refractivity contribution < 1.29 is 0 Å². The molecular weight excluding hydrogens is 196 g/mol. The molecule has 1 aromatic carbocycles. The van der Waals surface area contributed by atoms with Crippen LogP contribution in [0, 0.1) is 18.3 Å². The van der Waals surface area contributed by atoms with E-state index in [0.717, 1.165) is 22.2 Å². The largest absolute Gasteiger partial charge is 0.253 e. The molecule has 0 bridgehead atoms. The Morgan fingerprint density at radius 2 is 2.19 bits per heavy atom. The summed E-state index contributed by atoms with van der Waals surface area (Å²) in [4.78, 5) is 4.44. The monoisotopic (exact) mass is 208 g/mol. The second-order valence-electron chi connectivity index (χ2n) is 3.67. The van der Waals surface area contributed by atoms with Crippen LogP contribution in [0.15, 0.2) is 36.4 Å². The van der Waals surface area contributed by atoms with Crippen molar-refractivity contribution in [3.8, 4) is 6.07 Å². The molecule has 0 saturated heterocycles. The normalized spacial score (nSPS) is 10.8. The maximum Gasteiger partial charge on any atom is 0.0705 e. The quantitative estimate of drug-likeness (QED) is 0.757. The highest BCUT2D eigenvalue weighted by molar-refractivity contribution is 5.81. The number of aryl methyl sites for hydroxylation is 1. The molecule has 1 aromatic heterocycles. The number of nitriles is 1. The second-order valence-corrected chi connectivity index (χ2v) is 3.67. The van der Waals surface area contributed by atoms with E-state index in [2.05, 4.69) is 23.2 Å². The molecule has 2 heteroatoms. The summed E-state index contributed by atoms with van der Waals surface area (Å²) < 4.78 is 0. The number of benzene rings is 1. The van der Waals surface area contributed by atoms with Gasteiger partial charge in [-0.25, -0.2) is 0 Å². The van der Waals surface area contributed by atoms with Crippen LogP contribution in [0.25, 0.3) is 17.0 Å². The van der Waals surface area contributed by atoms with Crippen molar-refractivity contribution >= 4 is 17.0 Å². The number of allylic oxidation sites excluding steroid dienone is 1. The zero-order valence-electron chi connectivity index (χ0n) is 9.14. The van der Waals surface area contributed by atoms with Crippen LogP contribution >= 0.6 is 0 Å². The van der Waals surface area contributed by atoms with E-state index in [1.165, 1.54) is 0 Å². The SMILES string of the molecule is Cc1ccc2cc(C=CCC#N)ccc2n1. The fourth-order valence-corrected chi connectivity index (χ4v) is 1.60. The van der Waals surface area contributed by atoms with Gasteiger partial charge in [0.2, 0.25) is 0 Å². The lowest BCUT2D eigenvalue weighted by Crippen LogP contribution is -1.83. The minimum absolute atomic E-state index is 0.449. The van der Waals surface area contributed by atoms with Gasteiger partial charge in [0.25, 0.3) is 0 Å². The average molecular weight is 208 g/mol. The molecule has 2 aromatic rings. The fraction of sp³-hybridized carbons (Fsp3) is 0.143. The number of hydrogen-bond acceptors (Lipinski definition) is 2. The Balaban J connectivity index is 2.38. The first-order valence-corrected chi connectivity index (χ1v) is 5.20. The smallest absolute Gasteiger partial charge is 0.0705 e. The minimum Gasteiger partial charge on any atom is -0.253 e. The molecule has 2 rings (SSSR count). The third-order valence-corrected chi connectivity index (χ3v) is 2.37. The molecule has 2 nitrogen and oxygen atoms in total.